The average Bonchev–Trinajstić information content (AvgIpc) is 3.13. The predicted octanol–water partition coefficient (Wildman–Crippen LogP) is 1.10. The molecule has 1 atom stereocenters. The van der Waals surface area contributed by atoms with Gasteiger partial charge in [-0.05, 0) is 74.4 Å². The topological polar surface area (TPSA) is 85.0 Å². The highest BCUT2D eigenvalue weighted by atomic mass is 16.2. The van der Waals surface area contributed by atoms with Gasteiger partial charge in [-0.3, -0.25) is 24.6 Å². The van der Waals surface area contributed by atoms with E-state index in [2.05, 4.69) is 26.5 Å². The third-order valence-corrected chi connectivity index (χ3v) is 8.70. The van der Waals surface area contributed by atoms with Crippen LogP contribution in [0.2, 0.25) is 0 Å². The standard InChI is InChI=1S/C25H33N5O3/c31-22-4-3-21(23(32)27-22)30-16-17-13-18(1-2-20(17)24(30)33)28-9-11-29(12-10-28)19-14-25(15-19)5-7-26-8-6-25/h1-2,13,19,21,26H,3-12,14-16H2,(H,27,31,32)/t21-/m0/s1. The number of imide groups is 1. The van der Waals surface area contributed by atoms with Gasteiger partial charge in [-0.1, -0.05) is 0 Å². The van der Waals surface area contributed by atoms with Crippen molar-refractivity contribution in [3.8, 4) is 0 Å². The molecule has 4 heterocycles. The molecular weight excluding hydrogens is 418 g/mol. The molecule has 33 heavy (non-hydrogen) atoms. The fraction of sp³-hybridized carbons (Fsp3) is 0.640. The molecule has 1 aromatic rings. The molecule has 8 nitrogen and oxygen atoms in total. The van der Waals surface area contributed by atoms with Crippen LogP contribution in [0.1, 0.15) is 54.4 Å². The summed E-state index contributed by atoms with van der Waals surface area (Å²) in [5.74, 6) is -0.714. The lowest BCUT2D eigenvalue weighted by Gasteiger charge is -2.55. The Hall–Kier alpha value is -2.45. The fourth-order valence-corrected chi connectivity index (χ4v) is 6.67. The molecule has 3 saturated heterocycles. The molecule has 4 fully saturated rings. The second-order valence-corrected chi connectivity index (χ2v) is 10.6. The second-order valence-electron chi connectivity index (χ2n) is 10.6. The molecule has 3 amide bonds. The molecule has 1 saturated carbocycles. The van der Waals surface area contributed by atoms with E-state index in [0.717, 1.165) is 43.5 Å². The number of amides is 3. The number of benzene rings is 1. The van der Waals surface area contributed by atoms with Gasteiger partial charge in [0.15, 0.2) is 0 Å². The molecule has 8 heteroatoms. The summed E-state index contributed by atoms with van der Waals surface area (Å²) in [5.41, 5.74) is 3.45. The van der Waals surface area contributed by atoms with Crippen molar-refractivity contribution >= 4 is 23.4 Å². The van der Waals surface area contributed by atoms with Crippen LogP contribution >= 0.6 is 0 Å². The van der Waals surface area contributed by atoms with Gasteiger partial charge in [-0.15, -0.1) is 0 Å². The summed E-state index contributed by atoms with van der Waals surface area (Å²) in [7, 11) is 0. The number of carbonyl (C=O) groups excluding carboxylic acids is 3. The molecule has 4 aliphatic heterocycles. The summed E-state index contributed by atoms with van der Waals surface area (Å²) in [6.07, 6.45) is 6.10. The summed E-state index contributed by atoms with van der Waals surface area (Å²) in [6.45, 7) is 7.01. The molecule has 1 aliphatic carbocycles. The van der Waals surface area contributed by atoms with Crippen molar-refractivity contribution in [1.29, 1.82) is 0 Å². The minimum Gasteiger partial charge on any atom is -0.369 e. The van der Waals surface area contributed by atoms with E-state index in [1.165, 1.54) is 38.8 Å². The predicted molar refractivity (Wildman–Crippen MR) is 124 cm³/mol. The van der Waals surface area contributed by atoms with E-state index in [4.69, 9.17) is 0 Å². The van der Waals surface area contributed by atoms with Gasteiger partial charge in [-0.2, -0.15) is 0 Å². The summed E-state index contributed by atoms with van der Waals surface area (Å²) in [4.78, 5) is 43.4. The molecule has 2 N–H and O–H groups in total. The Labute approximate surface area is 194 Å². The number of fused-ring (bicyclic) bond motifs is 1. The summed E-state index contributed by atoms with van der Waals surface area (Å²) < 4.78 is 0. The third-order valence-electron chi connectivity index (χ3n) is 8.70. The van der Waals surface area contributed by atoms with Crippen LogP contribution in [-0.2, 0) is 16.1 Å². The first-order valence-corrected chi connectivity index (χ1v) is 12.5. The number of hydrogen-bond donors (Lipinski definition) is 2. The zero-order valence-corrected chi connectivity index (χ0v) is 19.1. The number of carbonyl (C=O) groups is 3. The Balaban J connectivity index is 1.07. The second kappa shape index (κ2) is 8.09. The molecule has 176 valence electrons. The first-order chi connectivity index (χ1) is 16.0. The Morgan fingerprint density at radius 1 is 0.970 bits per heavy atom. The van der Waals surface area contributed by atoms with Gasteiger partial charge in [0.05, 0.1) is 0 Å². The largest absolute Gasteiger partial charge is 0.369 e. The van der Waals surface area contributed by atoms with Crippen LogP contribution in [0.4, 0.5) is 5.69 Å². The van der Waals surface area contributed by atoms with Crippen LogP contribution in [0.25, 0.3) is 0 Å². The SMILES string of the molecule is O=C1CC[C@H](N2Cc3cc(N4CCN(C5CC6(CCNCC6)C5)CC4)ccc3C2=O)C(=O)N1. The molecule has 0 radical (unpaired) electrons. The van der Waals surface area contributed by atoms with Crippen molar-refractivity contribution < 1.29 is 14.4 Å². The maximum absolute atomic E-state index is 12.9. The molecule has 0 aromatic heterocycles. The normalized spacial score (nSPS) is 28.1. The first-order valence-electron chi connectivity index (χ1n) is 12.5. The fourth-order valence-electron chi connectivity index (χ4n) is 6.67. The minimum atomic E-state index is -0.555. The van der Waals surface area contributed by atoms with Crippen molar-refractivity contribution in [2.75, 3.05) is 44.2 Å². The van der Waals surface area contributed by atoms with E-state index >= 15 is 0 Å². The monoisotopic (exact) mass is 451 g/mol. The zero-order chi connectivity index (χ0) is 22.6. The van der Waals surface area contributed by atoms with E-state index < -0.39 is 6.04 Å². The van der Waals surface area contributed by atoms with Gasteiger partial charge in [0.2, 0.25) is 11.8 Å². The summed E-state index contributed by atoms with van der Waals surface area (Å²) >= 11 is 0. The van der Waals surface area contributed by atoms with Gasteiger partial charge in [0.25, 0.3) is 5.91 Å². The van der Waals surface area contributed by atoms with Crippen molar-refractivity contribution in [1.82, 2.24) is 20.4 Å². The lowest BCUT2D eigenvalue weighted by molar-refractivity contribution is -0.136. The van der Waals surface area contributed by atoms with Gasteiger partial charge in [0.1, 0.15) is 6.04 Å². The Bertz CT molecular complexity index is 972. The van der Waals surface area contributed by atoms with Gasteiger partial charge in [-0.25, -0.2) is 0 Å². The quantitative estimate of drug-likeness (QED) is 0.670. The number of rotatable bonds is 3. The Morgan fingerprint density at radius 3 is 2.45 bits per heavy atom. The average molecular weight is 452 g/mol. The molecule has 0 unspecified atom stereocenters. The van der Waals surface area contributed by atoms with E-state index in [1.807, 2.05) is 12.1 Å². The van der Waals surface area contributed by atoms with E-state index in [0.29, 0.717) is 23.9 Å². The summed E-state index contributed by atoms with van der Waals surface area (Å²) in [5, 5.41) is 5.87. The van der Waals surface area contributed by atoms with Gasteiger partial charge in [0, 0.05) is 56.4 Å². The minimum absolute atomic E-state index is 0.104. The molecule has 6 rings (SSSR count). The van der Waals surface area contributed by atoms with Crippen molar-refractivity contribution in [2.24, 2.45) is 5.41 Å². The van der Waals surface area contributed by atoms with Crippen LogP contribution in [0.5, 0.6) is 0 Å². The number of piperazine rings is 1. The highest BCUT2D eigenvalue weighted by molar-refractivity contribution is 6.05. The smallest absolute Gasteiger partial charge is 0.255 e. The Morgan fingerprint density at radius 2 is 1.73 bits per heavy atom. The van der Waals surface area contributed by atoms with Crippen molar-refractivity contribution in [3.05, 3.63) is 29.3 Å². The van der Waals surface area contributed by atoms with E-state index in [1.54, 1.807) is 4.90 Å². The van der Waals surface area contributed by atoms with E-state index in [9.17, 15) is 14.4 Å². The highest BCUT2D eigenvalue weighted by Crippen LogP contribution is 2.50. The van der Waals surface area contributed by atoms with Crippen LogP contribution in [0.15, 0.2) is 18.2 Å². The number of anilines is 1. The number of hydrogen-bond acceptors (Lipinski definition) is 6. The molecule has 1 aromatic carbocycles. The number of nitrogens with one attached hydrogen (secondary N) is 2. The summed E-state index contributed by atoms with van der Waals surface area (Å²) in [6, 6.07) is 6.29. The van der Waals surface area contributed by atoms with Gasteiger partial charge < -0.3 is 15.1 Å². The maximum Gasteiger partial charge on any atom is 0.255 e. The number of piperidine rings is 2. The highest BCUT2D eigenvalue weighted by Gasteiger charge is 2.47. The zero-order valence-electron chi connectivity index (χ0n) is 19.1. The lowest BCUT2D eigenvalue weighted by atomic mass is 9.60. The number of nitrogens with zero attached hydrogens (tertiary/aromatic N) is 3. The maximum atomic E-state index is 12.9. The van der Waals surface area contributed by atoms with Crippen molar-refractivity contribution in [2.45, 2.75) is 57.2 Å². The van der Waals surface area contributed by atoms with Crippen LogP contribution in [0, 0.1) is 5.41 Å². The van der Waals surface area contributed by atoms with Crippen molar-refractivity contribution in [3.63, 3.8) is 0 Å². The van der Waals surface area contributed by atoms with E-state index in [-0.39, 0.29) is 24.1 Å². The molecule has 0 bridgehead atoms. The Kier molecular flexibility index (Phi) is 5.18. The molecular formula is C25H33N5O3. The first kappa shape index (κ1) is 21.1. The van der Waals surface area contributed by atoms with Crippen LogP contribution in [0.3, 0.4) is 0 Å². The third kappa shape index (κ3) is 3.73. The molecule has 1 spiro atoms. The van der Waals surface area contributed by atoms with Gasteiger partial charge >= 0.3 is 0 Å². The lowest BCUT2D eigenvalue weighted by Crippen LogP contribution is -2.58. The molecule has 5 aliphatic rings. The van der Waals surface area contributed by atoms with Crippen LogP contribution < -0.4 is 15.5 Å². The van der Waals surface area contributed by atoms with Crippen LogP contribution in [-0.4, -0.2) is 78.9 Å².